The molecule has 1 unspecified atom stereocenters. The molecule has 148 valence electrons. The smallest absolute Gasteiger partial charge is 0.254 e. The highest BCUT2D eigenvalue weighted by molar-refractivity contribution is 6.07. The molecule has 1 amide bonds. The van der Waals surface area contributed by atoms with E-state index in [1.54, 1.807) is 6.20 Å². The Morgan fingerprint density at radius 3 is 2.64 bits per heavy atom. The van der Waals surface area contributed by atoms with Crippen LogP contribution in [0.1, 0.15) is 23.2 Å². The number of likely N-dealkylation sites (tertiary alicyclic amines) is 1. The summed E-state index contributed by atoms with van der Waals surface area (Å²) in [5.74, 6) is 0.0701. The quantitative estimate of drug-likeness (QED) is 0.698. The van der Waals surface area contributed by atoms with Gasteiger partial charge in [0.05, 0.1) is 22.5 Å². The van der Waals surface area contributed by atoms with Gasteiger partial charge in [0.25, 0.3) is 5.91 Å². The van der Waals surface area contributed by atoms with Crippen LogP contribution in [0.15, 0.2) is 54.7 Å². The van der Waals surface area contributed by atoms with Crippen LogP contribution in [0.5, 0.6) is 0 Å². The number of carbonyl (C=O) groups excluding carboxylic acids is 1. The van der Waals surface area contributed by atoms with E-state index in [9.17, 15) is 4.79 Å². The minimum atomic E-state index is 0. The third kappa shape index (κ3) is 4.43. The molecule has 1 atom stereocenters. The Morgan fingerprint density at radius 2 is 1.89 bits per heavy atom. The Hall–Kier alpha value is -2.21. The van der Waals surface area contributed by atoms with Gasteiger partial charge in [-0.2, -0.15) is 0 Å². The molecule has 7 heteroatoms. The molecule has 1 saturated heterocycles. The molecule has 0 radical (unpaired) electrons. The molecule has 0 aliphatic carbocycles. The van der Waals surface area contributed by atoms with Gasteiger partial charge < -0.3 is 10.2 Å². The summed E-state index contributed by atoms with van der Waals surface area (Å²) < 4.78 is 0. The zero-order valence-electron chi connectivity index (χ0n) is 15.7. The number of aromatic nitrogens is 2. The monoisotopic (exact) mass is 418 g/mol. The van der Waals surface area contributed by atoms with Crippen molar-refractivity contribution in [3.63, 3.8) is 0 Å². The van der Waals surface area contributed by atoms with Crippen molar-refractivity contribution in [2.45, 2.75) is 18.9 Å². The molecule has 0 spiro atoms. The number of hydrogen-bond donors (Lipinski definition) is 1. The highest BCUT2D eigenvalue weighted by Gasteiger charge is 2.25. The van der Waals surface area contributed by atoms with Crippen LogP contribution in [0.2, 0.25) is 0 Å². The number of hydrogen-bond acceptors (Lipinski definition) is 4. The second-order valence-corrected chi connectivity index (χ2v) is 6.67. The molecule has 3 aromatic rings. The van der Waals surface area contributed by atoms with E-state index in [-0.39, 0.29) is 30.7 Å². The van der Waals surface area contributed by atoms with Crippen molar-refractivity contribution in [3.8, 4) is 11.4 Å². The van der Waals surface area contributed by atoms with E-state index in [1.165, 1.54) is 0 Å². The number of carbonyl (C=O) groups is 1. The largest absolute Gasteiger partial charge is 0.337 e. The lowest BCUT2D eigenvalue weighted by molar-refractivity contribution is 0.0700. The van der Waals surface area contributed by atoms with Gasteiger partial charge in [-0.1, -0.05) is 24.3 Å². The Labute approximate surface area is 177 Å². The standard InChI is InChI=1S/C21H22N4O.2ClH/c1-22-15-7-6-12-25(14-15)21(26)17-13-20(19-10-4-5-11-23-19)24-18-9-3-2-8-16(17)18;;/h2-5,8-11,13,15,22H,6-7,12,14H2,1H3;2*1H. The van der Waals surface area contributed by atoms with Crippen LogP contribution in [0.4, 0.5) is 0 Å². The van der Waals surface area contributed by atoms with Gasteiger partial charge in [0.1, 0.15) is 0 Å². The normalized spacial score (nSPS) is 16.2. The maximum atomic E-state index is 13.3. The lowest BCUT2D eigenvalue weighted by Crippen LogP contribution is -2.47. The van der Waals surface area contributed by atoms with Crippen molar-refractivity contribution >= 4 is 41.6 Å². The lowest BCUT2D eigenvalue weighted by Gasteiger charge is -2.33. The predicted molar refractivity (Wildman–Crippen MR) is 117 cm³/mol. The van der Waals surface area contributed by atoms with E-state index >= 15 is 0 Å². The average Bonchev–Trinajstić information content (AvgIpc) is 2.73. The van der Waals surface area contributed by atoms with Gasteiger partial charge in [0.15, 0.2) is 0 Å². The van der Waals surface area contributed by atoms with Gasteiger partial charge in [0.2, 0.25) is 0 Å². The second kappa shape index (κ2) is 9.82. The number of rotatable bonds is 3. The third-order valence-corrected chi connectivity index (χ3v) is 4.99. The minimum Gasteiger partial charge on any atom is -0.337 e. The van der Waals surface area contributed by atoms with Crippen LogP contribution < -0.4 is 5.32 Å². The van der Waals surface area contributed by atoms with Crippen LogP contribution in [0.25, 0.3) is 22.3 Å². The van der Waals surface area contributed by atoms with Crippen molar-refractivity contribution in [2.24, 2.45) is 0 Å². The highest BCUT2D eigenvalue weighted by Crippen LogP contribution is 2.25. The molecule has 28 heavy (non-hydrogen) atoms. The molecule has 4 rings (SSSR count). The second-order valence-electron chi connectivity index (χ2n) is 6.67. The predicted octanol–water partition coefficient (Wildman–Crippen LogP) is 3.96. The number of pyridine rings is 2. The first-order chi connectivity index (χ1) is 12.8. The molecule has 2 aromatic heterocycles. The lowest BCUT2D eigenvalue weighted by atomic mass is 10.0. The molecule has 3 heterocycles. The van der Waals surface area contributed by atoms with E-state index in [4.69, 9.17) is 4.98 Å². The molecule has 1 N–H and O–H groups in total. The van der Waals surface area contributed by atoms with Crippen LogP contribution >= 0.6 is 24.8 Å². The van der Waals surface area contributed by atoms with Gasteiger partial charge in [-0.15, -0.1) is 24.8 Å². The molecule has 0 saturated carbocycles. The van der Waals surface area contributed by atoms with E-state index in [0.717, 1.165) is 48.2 Å². The summed E-state index contributed by atoms with van der Waals surface area (Å²) in [7, 11) is 1.96. The number of halogens is 2. The summed E-state index contributed by atoms with van der Waals surface area (Å²) in [4.78, 5) is 24.4. The third-order valence-electron chi connectivity index (χ3n) is 4.99. The number of fused-ring (bicyclic) bond motifs is 1. The molecule has 1 aliphatic heterocycles. The Balaban J connectivity index is 0.00000140. The molecular formula is C21H24Cl2N4O. The summed E-state index contributed by atoms with van der Waals surface area (Å²) in [6.45, 7) is 1.54. The minimum absolute atomic E-state index is 0. The van der Waals surface area contributed by atoms with E-state index in [1.807, 2.05) is 60.5 Å². The van der Waals surface area contributed by atoms with E-state index in [2.05, 4.69) is 10.3 Å². The fourth-order valence-corrected chi connectivity index (χ4v) is 3.57. The summed E-state index contributed by atoms with van der Waals surface area (Å²) in [5.41, 5.74) is 3.03. The number of para-hydroxylation sites is 1. The van der Waals surface area contributed by atoms with Gasteiger partial charge in [-0.3, -0.25) is 9.78 Å². The van der Waals surface area contributed by atoms with Crippen LogP contribution in [-0.2, 0) is 0 Å². The molecule has 1 fully saturated rings. The zero-order valence-corrected chi connectivity index (χ0v) is 17.3. The first-order valence-corrected chi connectivity index (χ1v) is 9.04. The van der Waals surface area contributed by atoms with Crippen molar-refractivity contribution in [1.82, 2.24) is 20.2 Å². The zero-order chi connectivity index (χ0) is 17.9. The highest BCUT2D eigenvalue weighted by atomic mass is 35.5. The van der Waals surface area contributed by atoms with Crippen LogP contribution in [0.3, 0.4) is 0 Å². The SMILES string of the molecule is CNC1CCCN(C(=O)c2cc(-c3ccccn3)nc3ccccc23)C1.Cl.Cl. The Bertz CT molecular complexity index is 936. The molecular weight excluding hydrogens is 395 g/mol. The Kier molecular flexibility index (Phi) is 7.75. The summed E-state index contributed by atoms with van der Waals surface area (Å²) in [6.07, 6.45) is 3.87. The van der Waals surface area contributed by atoms with Gasteiger partial charge in [-0.05, 0) is 44.2 Å². The van der Waals surface area contributed by atoms with E-state index < -0.39 is 0 Å². The Morgan fingerprint density at radius 1 is 1.11 bits per heavy atom. The summed E-state index contributed by atoms with van der Waals surface area (Å²) in [6, 6.07) is 15.8. The first kappa shape index (κ1) is 22.1. The molecule has 0 bridgehead atoms. The molecule has 5 nitrogen and oxygen atoms in total. The van der Waals surface area contributed by atoms with Crippen molar-refractivity contribution in [2.75, 3.05) is 20.1 Å². The molecule has 1 aromatic carbocycles. The van der Waals surface area contributed by atoms with E-state index in [0.29, 0.717) is 11.6 Å². The topological polar surface area (TPSA) is 58.1 Å². The van der Waals surface area contributed by atoms with Crippen LogP contribution in [-0.4, -0.2) is 47.0 Å². The van der Waals surface area contributed by atoms with Crippen molar-refractivity contribution in [1.29, 1.82) is 0 Å². The number of nitrogens with zero attached hydrogens (tertiary/aromatic N) is 3. The number of nitrogens with one attached hydrogen (secondary N) is 1. The van der Waals surface area contributed by atoms with Crippen molar-refractivity contribution < 1.29 is 4.79 Å². The number of likely N-dealkylation sites (N-methyl/N-ethyl adjacent to an activating group) is 1. The summed E-state index contributed by atoms with van der Waals surface area (Å²) in [5, 5.41) is 4.19. The number of amides is 1. The van der Waals surface area contributed by atoms with Gasteiger partial charge >= 0.3 is 0 Å². The number of benzene rings is 1. The van der Waals surface area contributed by atoms with Gasteiger partial charge in [-0.25, -0.2) is 4.98 Å². The summed E-state index contributed by atoms with van der Waals surface area (Å²) >= 11 is 0. The first-order valence-electron chi connectivity index (χ1n) is 9.04. The van der Waals surface area contributed by atoms with Crippen molar-refractivity contribution in [3.05, 3.63) is 60.3 Å². The fraction of sp³-hybridized carbons (Fsp3) is 0.286. The fourth-order valence-electron chi connectivity index (χ4n) is 3.57. The average molecular weight is 419 g/mol. The van der Waals surface area contributed by atoms with Crippen LogP contribution in [0, 0.1) is 0 Å². The molecule has 1 aliphatic rings. The maximum absolute atomic E-state index is 13.3. The van der Waals surface area contributed by atoms with Gasteiger partial charge in [0, 0.05) is 30.7 Å². The number of piperidine rings is 1. The maximum Gasteiger partial charge on any atom is 0.254 e.